The number of fused-ring (bicyclic) bond motifs is 1. The Balaban J connectivity index is 1.79. The number of aromatic nitrogens is 2. The first-order valence-electron chi connectivity index (χ1n) is 6.99. The van der Waals surface area contributed by atoms with E-state index in [9.17, 15) is 8.78 Å². The molecule has 23 heavy (non-hydrogen) atoms. The highest BCUT2D eigenvalue weighted by Gasteiger charge is 2.11. The van der Waals surface area contributed by atoms with Crippen molar-refractivity contribution in [3.8, 4) is 5.75 Å². The van der Waals surface area contributed by atoms with Crippen LogP contribution in [0.15, 0.2) is 36.7 Å². The van der Waals surface area contributed by atoms with Crippen LogP contribution in [0.1, 0.15) is 10.4 Å². The van der Waals surface area contributed by atoms with Crippen LogP contribution < -0.4 is 9.64 Å². The summed E-state index contributed by atoms with van der Waals surface area (Å²) in [5.74, 6) is 1.01. The second-order valence-corrected chi connectivity index (χ2v) is 6.39. The van der Waals surface area contributed by atoms with E-state index in [4.69, 9.17) is 0 Å². The number of thiophene rings is 1. The number of ether oxygens (including phenoxy) is 1. The van der Waals surface area contributed by atoms with Crippen molar-refractivity contribution < 1.29 is 13.5 Å². The summed E-state index contributed by atoms with van der Waals surface area (Å²) in [6, 6.07) is 8.70. The lowest BCUT2D eigenvalue weighted by atomic mass is 10.2. The molecule has 0 saturated carbocycles. The van der Waals surface area contributed by atoms with Crippen molar-refractivity contribution in [2.45, 2.75) is 20.1 Å². The minimum Gasteiger partial charge on any atom is -0.435 e. The third-order valence-electron chi connectivity index (χ3n) is 3.36. The fraction of sp³-hybridized carbons (Fsp3) is 0.250. The molecule has 120 valence electrons. The van der Waals surface area contributed by atoms with E-state index in [-0.39, 0.29) is 5.75 Å². The Morgan fingerprint density at radius 3 is 2.65 bits per heavy atom. The van der Waals surface area contributed by atoms with Gasteiger partial charge in [-0.15, -0.1) is 11.3 Å². The lowest BCUT2D eigenvalue weighted by Gasteiger charge is -2.19. The Kier molecular flexibility index (Phi) is 4.38. The summed E-state index contributed by atoms with van der Waals surface area (Å²) in [6.07, 6.45) is 1.56. The molecular formula is C16H15F2N3OS. The van der Waals surface area contributed by atoms with Crippen LogP contribution in [0.3, 0.4) is 0 Å². The minimum absolute atomic E-state index is 0.157. The SMILES string of the molecule is Cc1cc2c(N(C)Cc3ccc(OC(F)F)cc3)ncnc2s1. The topological polar surface area (TPSA) is 38.2 Å². The normalized spacial score (nSPS) is 11.2. The van der Waals surface area contributed by atoms with Gasteiger partial charge in [0.1, 0.15) is 22.7 Å². The quantitative estimate of drug-likeness (QED) is 0.699. The zero-order valence-corrected chi connectivity index (χ0v) is 13.5. The lowest BCUT2D eigenvalue weighted by molar-refractivity contribution is -0.0498. The molecule has 2 heterocycles. The van der Waals surface area contributed by atoms with Gasteiger partial charge in [-0.2, -0.15) is 8.78 Å². The van der Waals surface area contributed by atoms with Gasteiger partial charge in [0.25, 0.3) is 0 Å². The third kappa shape index (κ3) is 3.56. The van der Waals surface area contributed by atoms with Crippen LogP contribution >= 0.6 is 11.3 Å². The number of hydrogen-bond acceptors (Lipinski definition) is 5. The van der Waals surface area contributed by atoms with Gasteiger partial charge in [0.2, 0.25) is 0 Å². The predicted octanol–water partition coefficient (Wildman–Crippen LogP) is 4.24. The third-order valence-corrected chi connectivity index (χ3v) is 4.32. The zero-order valence-electron chi connectivity index (χ0n) is 12.7. The van der Waals surface area contributed by atoms with E-state index < -0.39 is 6.61 Å². The molecule has 0 unspecified atom stereocenters. The van der Waals surface area contributed by atoms with Gasteiger partial charge in [-0.25, -0.2) is 9.97 Å². The molecule has 0 bridgehead atoms. The van der Waals surface area contributed by atoms with Crippen molar-refractivity contribution in [2.24, 2.45) is 0 Å². The van der Waals surface area contributed by atoms with E-state index in [1.54, 1.807) is 41.9 Å². The molecule has 3 rings (SSSR count). The van der Waals surface area contributed by atoms with E-state index in [2.05, 4.69) is 20.8 Å². The van der Waals surface area contributed by atoms with Crippen molar-refractivity contribution in [3.05, 3.63) is 47.1 Å². The van der Waals surface area contributed by atoms with Gasteiger partial charge in [0.15, 0.2) is 0 Å². The fourth-order valence-electron chi connectivity index (χ4n) is 2.39. The number of benzene rings is 1. The van der Waals surface area contributed by atoms with Crippen LogP contribution in [-0.2, 0) is 6.54 Å². The number of anilines is 1. The maximum atomic E-state index is 12.2. The van der Waals surface area contributed by atoms with Crippen LogP contribution in [0.4, 0.5) is 14.6 Å². The molecule has 0 aliphatic carbocycles. The summed E-state index contributed by atoms with van der Waals surface area (Å²) < 4.78 is 28.7. The highest BCUT2D eigenvalue weighted by atomic mass is 32.1. The Morgan fingerprint density at radius 1 is 1.22 bits per heavy atom. The molecule has 0 atom stereocenters. The molecule has 4 nitrogen and oxygen atoms in total. The highest BCUT2D eigenvalue weighted by molar-refractivity contribution is 7.18. The molecule has 0 saturated heterocycles. The van der Waals surface area contributed by atoms with Crippen LogP contribution in [0.2, 0.25) is 0 Å². The number of rotatable bonds is 5. The van der Waals surface area contributed by atoms with Crippen molar-refractivity contribution >= 4 is 27.4 Å². The summed E-state index contributed by atoms with van der Waals surface area (Å²) in [6.45, 7) is -0.159. The van der Waals surface area contributed by atoms with Crippen molar-refractivity contribution in [3.63, 3.8) is 0 Å². The van der Waals surface area contributed by atoms with Crippen LogP contribution in [0.5, 0.6) is 5.75 Å². The average molecular weight is 335 g/mol. The number of halogens is 2. The second kappa shape index (κ2) is 6.45. The first-order chi connectivity index (χ1) is 11.0. The molecule has 2 aromatic heterocycles. The summed E-state index contributed by atoms with van der Waals surface area (Å²) in [5.41, 5.74) is 0.979. The van der Waals surface area contributed by atoms with Gasteiger partial charge in [0.05, 0.1) is 5.39 Å². The Labute approximate surface area is 136 Å². The molecule has 0 radical (unpaired) electrons. The van der Waals surface area contributed by atoms with Crippen molar-refractivity contribution in [1.82, 2.24) is 9.97 Å². The number of hydrogen-bond donors (Lipinski definition) is 0. The number of alkyl halides is 2. The van der Waals surface area contributed by atoms with Gasteiger partial charge < -0.3 is 9.64 Å². The maximum absolute atomic E-state index is 12.2. The number of nitrogens with zero attached hydrogens (tertiary/aromatic N) is 3. The minimum atomic E-state index is -2.81. The van der Waals surface area contributed by atoms with Crippen LogP contribution in [0, 0.1) is 6.92 Å². The lowest BCUT2D eigenvalue weighted by Crippen LogP contribution is -2.18. The summed E-state index contributed by atoms with van der Waals surface area (Å²) in [4.78, 5) is 12.8. The smallest absolute Gasteiger partial charge is 0.387 e. The molecule has 3 aromatic rings. The first-order valence-corrected chi connectivity index (χ1v) is 7.80. The zero-order chi connectivity index (χ0) is 16.4. The number of aryl methyl sites for hydroxylation is 1. The predicted molar refractivity (Wildman–Crippen MR) is 87.3 cm³/mol. The molecule has 0 spiro atoms. The largest absolute Gasteiger partial charge is 0.435 e. The molecular weight excluding hydrogens is 320 g/mol. The molecule has 0 fully saturated rings. The van der Waals surface area contributed by atoms with Gasteiger partial charge in [-0.05, 0) is 30.7 Å². The van der Waals surface area contributed by atoms with Gasteiger partial charge in [-0.3, -0.25) is 0 Å². The highest BCUT2D eigenvalue weighted by Crippen LogP contribution is 2.29. The first kappa shape index (κ1) is 15.6. The Bertz CT molecular complexity index is 805. The summed E-state index contributed by atoms with van der Waals surface area (Å²) in [5, 5.41) is 1.02. The van der Waals surface area contributed by atoms with Crippen LogP contribution in [-0.4, -0.2) is 23.6 Å². The van der Waals surface area contributed by atoms with Crippen LogP contribution in [0.25, 0.3) is 10.2 Å². The molecule has 7 heteroatoms. The fourth-order valence-corrected chi connectivity index (χ4v) is 3.23. The van der Waals surface area contributed by atoms with Crippen molar-refractivity contribution in [2.75, 3.05) is 11.9 Å². The summed E-state index contributed by atoms with van der Waals surface area (Å²) in [7, 11) is 1.94. The monoisotopic (exact) mass is 335 g/mol. The molecule has 0 aliphatic rings. The summed E-state index contributed by atoms with van der Waals surface area (Å²) >= 11 is 1.63. The second-order valence-electron chi connectivity index (χ2n) is 5.15. The van der Waals surface area contributed by atoms with Gasteiger partial charge >= 0.3 is 6.61 Å². The molecule has 0 amide bonds. The standard InChI is InChI=1S/C16H15F2N3OS/c1-10-7-13-14(19-9-20-15(13)23-10)21(2)8-11-3-5-12(6-4-11)22-16(17)18/h3-7,9,16H,8H2,1-2H3. The van der Waals surface area contributed by atoms with Gasteiger partial charge in [0, 0.05) is 18.5 Å². The van der Waals surface area contributed by atoms with E-state index in [1.165, 1.54) is 4.88 Å². The Morgan fingerprint density at radius 2 is 1.96 bits per heavy atom. The van der Waals surface area contributed by atoms with Crippen molar-refractivity contribution in [1.29, 1.82) is 0 Å². The average Bonchev–Trinajstić information content (AvgIpc) is 2.88. The Hall–Kier alpha value is -2.28. The molecule has 0 aliphatic heterocycles. The molecule has 1 aromatic carbocycles. The van der Waals surface area contributed by atoms with E-state index in [1.807, 2.05) is 18.9 Å². The van der Waals surface area contributed by atoms with Gasteiger partial charge in [-0.1, -0.05) is 12.1 Å². The molecule has 0 N–H and O–H groups in total. The van der Waals surface area contributed by atoms with E-state index in [0.717, 1.165) is 21.6 Å². The maximum Gasteiger partial charge on any atom is 0.387 e. The van der Waals surface area contributed by atoms with E-state index >= 15 is 0 Å². The van der Waals surface area contributed by atoms with E-state index in [0.29, 0.717) is 6.54 Å².